The van der Waals surface area contributed by atoms with Gasteiger partial charge in [0.25, 0.3) is 0 Å². The van der Waals surface area contributed by atoms with Gasteiger partial charge in [-0.05, 0) is 0 Å². The van der Waals surface area contributed by atoms with E-state index in [2.05, 4.69) is 106 Å². The van der Waals surface area contributed by atoms with Gasteiger partial charge in [0.15, 0.2) is 0 Å². The van der Waals surface area contributed by atoms with Crippen molar-refractivity contribution >= 4 is 30.4 Å². The summed E-state index contributed by atoms with van der Waals surface area (Å²) < 4.78 is 4.56. The minimum atomic E-state index is -1.92. The molecular weight excluding hydrogens is 392 g/mol. The van der Waals surface area contributed by atoms with Gasteiger partial charge >= 0.3 is 147 Å². The standard InChI is InChI=1S/C22H24Te/c1-22(2,3)18-14-16-21(17-15-18)23(19-10-6-4-7-11-19)20-12-8-5-9-13-20/h4-17,23H,1-3H3. The molecule has 0 unspecified atom stereocenters. The van der Waals surface area contributed by atoms with E-state index >= 15 is 0 Å². The second kappa shape index (κ2) is 6.91. The van der Waals surface area contributed by atoms with Gasteiger partial charge < -0.3 is 0 Å². The van der Waals surface area contributed by atoms with Gasteiger partial charge in [0, 0.05) is 0 Å². The van der Waals surface area contributed by atoms with Gasteiger partial charge in [-0.25, -0.2) is 0 Å². The van der Waals surface area contributed by atoms with E-state index in [1.165, 1.54) is 16.4 Å². The molecule has 0 aliphatic carbocycles. The summed E-state index contributed by atoms with van der Waals surface area (Å²) in [5, 5.41) is 0. The van der Waals surface area contributed by atoms with Gasteiger partial charge in [-0.2, -0.15) is 0 Å². The molecule has 0 radical (unpaired) electrons. The fraction of sp³-hybridized carbons (Fsp3) is 0.182. The van der Waals surface area contributed by atoms with Crippen LogP contribution in [0, 0.1) is 0 Å². The molecule has 0 saturated carbocycles. The maximum absolute atomic E-state index is 2.36. The molecule has 0 aliphatic rings. The molecule has 0 fully saturated rings. The van der Waals surface area contributed by atoms with Crippen LogP contribution in [0.15, 0.2) is 84.9 Å². The Bertz CT molecular complexity index is 698. The van der Waals surface area contributed by atoms with Crippen molar-refractivity contribution in [3.8, 4) is 0 Å². The second-order valence-corrected chi connectivity index (χ2v) is 13.1. The van der Waals surface area contributed by atoms with Crippen molar-refractivity contribution in [3.63, 3.8) is 0 Å². The number of hydrogen-bond donors (Lipinski definition) is 0. The van der Waals surface area contributed by atoms with Crippen LogP contribution < -0.4 is 10.8 Å². The second-order valence-electron chi connectivity index (χ2n) is 6.80. The molecule has 3 rings (SSSR count). The number of hydrogen-bond acceptors (Lipinski definition) is 0. The normalized spacial score (nSPS) is 12.0. The summed E-state index contributed by atoms with van der Waals surface area (Å²) in [5.74, 6) is 0. The van der Waals surface area contributed by atoms with Gasteiger partial charge in [-0.3, -0.25) is 0 Å². The van der Waals surface area contributed by atoms with Crippen LogP contribution in [0.5, 0.6) is 0 Å². The molecule has 1 heteroatoms. The van der Waals surface area contributed by atoms with Gasteiger partial charge in [-0.15, -0.1) is 0 Å². The first-order valence-electron chi connectivity index (χ1n) is 8.06. The first kappa shape index (κ1) is 16.3. The zero-order valence-electron chi connectivity index (χ0n) is 14.0. The third kappa shape index (κ3) is 3.86. The summed E-state index contributed by atoms with van der Waals surface area (Å²) in [5.41, 5.74) is 1.61. The summed E-state index contributed by atoms with van der Waals surface area (Å²) in [6, 6.07) is 31.4. The number of rotatable bonds is 3. The van der Waals surface area contributed by atoms with E-state index < -0.39 is 19.6 Å². The molecule has 23 heavy (non-hydrogen) atoms. The fourth-order valence-corrected chi connectivity index (χ4v) is 9.23. The Hall–Kier alpha value is -1.55. The average Bonchev–Trinajstić information content (AvgIpc) is 2.57. The molecule has 3 aromatic rings. The first-order chi connectivity index (χ1) is 11.1. The molecule has 0 nitrogen and oxygen atoms in total. The Labute approximate surface area is 146 Å². The van der Waals surface area contributed by atoms with E-state index in [9.17, 15) is 0 Å². The first-order valence-corrected chi connectivity index (χ1v) is 11.9. The van der Waals surface area contributed by atoms with Crippen molar-refractivity contribution in [2.45, 2.75) is 26.2 Å². The van der Waals surface area contributed by atoms with Crippen LogP contribution >= 0.6 is 0 Å². The van der Waals surface area contributed by atoms with Crippen molar-refractivity contribution in [1.29, 1.82) is 0 Å². The predicted octanol–water partition coefficient (Wildman–Crippen LogP) is 3.23. The van der Waals surface area contributed by atoms with E-state index in [-0.39, 0.29) is 5.41 Å². The fourth-order valence-electron chi connectivity index (χ4n) is 2.71. The van der Waals surface area contributed by atoms with Crippen molar-refractivity contribution < 1.29 is 0 Å². The quantitative estimate of drug-likeness (QED) is 0.576. The van der Waals surface area contributed by atoms with Crippen LogP contribution in [0.3, 0.4) is 0 Å². The summed E-state index contributed by atoms with van der Waals surface area (Å²) in [6.45, 7) is 6.82. The monoisotopic (exact) mass is 418 g/mol. The Kier molecular flexibility index (Phi) is 4.90. The Morgan fingerprint density at radius 3 is 1.30 bits per heavy atom. The molecular formula is C22H24Te. The third-order valence-electron chi connectivity index (χ3n) is 4.02. The molecule has 0 heterocycles. The summed E-state index contributed by atoms with van der Waals surface area (Å²) in [7, 11) is 0. The van der Waals surface area contributed by atoms with Gasteiger partial charge in [0.05, 0.1) is 0 Å². The van der Waals surface area contributed by atoms with Crippen LogP contribution in [-0.4, -0.2) is 19.6 Å². The molecule has 0 N–H and O–H groups in total. The topological polar surface area (TPSA) is 0 Å². The molecule has 0 bridgehead atoms. The number of benzene rings is 3. The van der Waals surface area contributed by atoms with Gasteiger partial charge in [0.1, 0.15) is 0 Å². The van der Waals surface area contributed by atoms with E-state index in [0.717, 1.165) is 0 Å². The molecule has 0 amide bonds. The maximum atomic E-state index is 2.36. The molecule has 0 spiro atoms. The molecule has 118 valence electrons. The molecule has 0 aliphatic heterocycles. The van der Waals surface area contributed by atoms with Gasteiger partial charge in [-0.1, -0.05) is 0 Å². The van der Waals surface area contributed by atoms with Crippen LogP contribution in [0.2, 0.25) is 0 Å². The van der Waals surface area contributed by atoms with Crippen molar-refractivity contribution in [3.05, 3.63) is 90.5 Å². The summed E-state index contributed by atoms with van der Waals surface area (Å²) in [4.78, 5) is 0. The SMILES string of the molecule is CC(C)(C)c1ccc([TeH](c2ccccc2)c2ccccc2)cc1. The van der Waals surface area contributed by atoms with E-state index in [4.69, 9.17) is 0 Å². The Balaban J connectivity index is 2.06. The molecule has 0 saturated heterocycles. The zero-order chi connectivity index (χ0) is 16.3. The van der Waals surface area contributed by atoms with E-state index in [1.54, 1.807) is 0 Å². The Morgan fingerprint density at radius 1 is 0.522 bits per heavy atom. The molecule has 3 aromatic carbocycles. The molecule has 0 aromatic heterocycles. The molecule has 0 atom stereocenters. The van der Waals surface area contributed by atoms with E-state index in [1.807, 2.05) is 0 Å². The predicted molar refractivity (Wildman–Crippen MR) is 104 cm³/mol. The zero-order valence-corrected chi connectivity index (χ0v) is 16.6. The van der Waals surface area contributed by atoms with Gasteiger partial charge in [0.2, 0.25) is 0 Å². The van der Waals surface area contributed by atoms with Crippen LogP contribution in [0.25, 0.3) is 0 Å². The third-order valence-corrected chi connectivity index (χ3v) is 11.0. The van der Waals surface area contributed by atoms with Crippen LogP contribution in [0.4, 0.5) is 0 Å². The summed E-state index contributed by atoms with van der Waals surface area (Å²) >= 11 is -1.92. The Morgan fingerprint density at radius 2 is 0.913 bits per heavy atom. The van der Waals surface area contributed by atoms with Crippen molar-refractivity contribution in [1.82, 2.24) is 0 Å². The average molecular weight is 416 g/mol. The van der Waals surface area contributed by atoms with Crippen LogP contribution in [0.1, 0.15) is 26.3 Å². The summed E-state index contributed by atoms with van der Waals surface area (Å²) in [6.07, 6.45) is 0. The van der Waals surface area contributed by atoms with E-state index in [0.29, 0.717) is 0 Å². The van der Waals surface area contributed by atoms with Crippen LogP contribution in [-0.2, 0) is 5.41 Å². The van der Waals surface area contributed by atoms with Crippen molar-refractivity contribution in [2.75, 3.05) is 0 Å². The van der Waals surface area contributed by atoms with Crippen molar-refractivity contribution in [2.24, 2.45) is 0 Å². The minimum absolute atomic E-state index is 0.208.